The highest BCUT2D eigenvalue weighted by atomic mass is 32.2. The molecule has 0 saturated carbocycles. The predicted molar refractivity (Wildman–Crippen MR) is 84.0 cm³/mol. The van der Waals surface area contributed by atoms with E-state index < -0.39 is 0 Å². The molecular weight excluding hydrogens is 268 g/mol. The summed E-state index contributed by atoms with van der Waals surface area (Å²) in [5, 5.41) is 0. The van der Waals surface area contributed by atoms with Crippen molar-refractivity contribution in [2.45, 2.75) is 18.7 Å². The van der Waals surface area contributed by atoms with Gasteiger partial charge in [0, 0.05) is 4.90 Å². The second-order valence-electron chi connectivity index (χ2n) is 4.68. The van der Waals surface area contributed by atoms with Gasteiger partial charge in [-0.05, 0) is 37.6 Å². The number of hydrogen-bond acceptors (Lipinski definition) is 3. The maximum atomic E-state index is 12.3. The number of benzene rings is 2. The van der Waals surface area contributed by atoms with Crippen LogP contribution in [0.5, 0.6) is 5.75 Å². The van der Waals surface area contributed by atoms with Gasteiger partial charge in [0.15, 0.2) is 5.78 Å². The van der Waals surface area contributed by atoms with E-state index in [9.17, 15) is 4.79 Å². The summed E-state index contributed by atoms with van der Waals surface area (Å²) >= 11 is 1.57. The Morgan fingerprint density at radius 1 is 1.15 bits per heavy atom. The third-order valence-corrected chi connectivity index (χ3v) is 4.27. The molecule has 2 aromatic rings. The molecule has 0 N–H and O–H groups in total. The van der Waals surface area contributed by atoms with Gasteiger partial charge in [0.1, 0.15) is 5.75 Å². The third kappa shape index (κ3) is 3.42. The van der Waals surface area contributed by atoms with E-state index in [1.165, 1.54) is 11.1 Å². The lowest BCUT2D eigenvalue weighted by molar-refractivity contribution is 0.101. The Hall–Kier alpha value is -1.74. The SMILES string of the molecule is COc1ccccc1C(=O)CSc1ccc(C)cc1C. The molecular formula is C17H18O2S. The smallest absolute Gasteiger partial charge is 0.176 e. The molecule has 0 aliphatic heterocycles. The van der Waals surface area contributed by atoms with E-state index in [-0.39, 0.29) is 5.78 Å². The van der Waals surface area contributed by atoms with Crippen LogP contribution in [0.3, 0.4) is 0 Å². The molecule has 0 unspecified atom stereocenters. The molecule has 0 spiro atoms. The fraction of sp³-hybridized carbons (Fsp3) is 0.235. The summed E-state index contributed by atoms with van der Waals surface area (Å²) in [6.07, 6.45) is 0. The van der Waals surface area contributed by atoms with Crippen LogP contribution in [-0.4, -0.2) is 18.6 Å². The minimum atomic E-state index is 0.0902. The van der Waals surface area contributed by atoms with Crippen LogP contribution in [0, 0.1) is 13.8 Å². The predicted octanol–water partition coefficient (Wildman–Crippen LogP) is 4.29. The van der Waals surface area contributed by atoms with Crippen LogP contribution < -0.4 is 4.74 Å². The van der Waals surface area contributed by atoms with Crippen LogP contribution in [0.2, 0.25) is 0 Å². The zero-order valence-electron chi connectivity index (χ0n) is 12.0. The molecule has 20 heavy (non-hydrogen) atoms. The molecule has 0 aliphatic rings. The standard InChI is InChI=1S/C17H18O2S/c1-12-8-9-17(13(2)10-12)20-11-15(18)14-6-4-5-7-16(14)19-3/h4-10H,11H2,1-3H3. The number of ether oxygens (including phenoxy) is 1. The summed E-state index contributed by atoms with van der Waals surface area (Å²) in [5.41, 5.74) is 3.10. The molecule has 0 aliphatic carbocycles. The quantitative estimate of drug-likeness (QED) is 0.606. The molecule has 0 amide bonds. The van der Waals surface area contributed by atoms with E-state index in [0.717, 1.165) is 4.90 Å². The van der Waals surface area contributed by atoms with Crippen LogP contribution in [0.25, 0.3) is 0 Å². The minimum absolute atomic E-state index is 0.0902. The lowest BCUT2D eigenvalue weighted by Gasteiger charge is -2.08. The number of para-hydroxylation sites is 1. The fourth-order valence-electron chi connectivity index (χ4n) is 2.06. The second kappa shape index (κ2) is 6.62. The number of aryl methyl sites for hydroxylation is 2. The summed E-state index contributed by atoms with van der Waals surface area (Å²) in [6, 6.07) is 13.6. The van der Waals surface area contributed by atoms with E-state index in [4.69, 9.17) is 4.74 Å². The van der Waals surface area contributed by atoms with Crippen molar-refractivity contribution in [1.82, 2.24) is 0 Å². The average molecular weight is 286 g/mol. The van der Waals surface area contributed by atoms with Crippen LogP contribution in [-0.2, 0) is 0 Å². The molecule has 0 saturated heterocycles. The van der Waals surface area contributed by atoms with E-state index in [2.05, 4.69) is 32.0 Å². The Labute approximate surface area is 124 Å². The zero-order valence-corrected chi connectivity index (χ0v) is 12.8. The summed E-state index contributed by atoms with van der Waals surface area (Å²) in [4.78, 5) is 13.4. The van der Waals surface area contributed by atoms with E-state index >= 15 is 0 Å². The first-order valence-electron chi connectivity index (χ1n) is 6.48. The van der Waals surface area contributed by atoms with Gasteiger partial charge in [-0.15, -0.1) is 11.8 Å². The number of carbonyl (C=O) groups is 1. The van der Waals surface area contributed by atoms with E-state index in [1.807, 2.05) is 24.3 Å². The first-order chi connectivity index (χ1) is 9.61. The molecule has 2 rings (SSSR count). The number of Topliss-reactive ketones (excluding diaryl/α,β-unsaturated/α-hetero) is 1. The Morgan fingerprint density at radius 2 is 1.90 bits per heavy atom. The van der Waals surface area contributed by atoms with Gasteiger partial charge in [0.05, 0.1) is 18.4 Å². The maximum Gasteiger partial charge on any atom is 0.176 e. The first kappa shape index (κ1) is 14.7. The number of hydrogen-bond donors (Lipinski definition) is 0. The largest absolute Gasteiger partial charge is 0.496 e. The van der Waals surface area contributed by atoms with Crippen LogP contribution in [0.4, 0.5) is 0 Å². The van der Waals surface area contributed by atoms with Gasteiger partial charge in [0.25, 0.3) is 0 Å². The van der Waals surface area contributed by atoms with Gasteiger partial charge < -0.3 is 4.74 Å². The Balaban J connectivity index is 2.09. The summed E-state index contributed by atoms with van der Waals surface area (Å²) in [5.74, 6) is 1.15. The van der Waals surface area contributed by atoms with Gasteiger partial charge >= 0.3 is 0 Å². The minimum Gasteiger partial charge on any atom is -0.496 e. The molecule has 0 bridgehead atoms. The van der Waals surface area contributed by atoms with Crippen molar-refractivity contribution in [2.75, 3.05) is 12.9 Å². The van der Waals surface area contributed by atoms with Gasteiger partial charge in [0.2, 0.25) is 0 Å². The van der Waals surface area contributed by atoms with Crippen LogP contribution >= 0.6 is 11.8 Å². The van der Waals surface area contributed by atoms with Crippen molar-refractivity contribution in [3.63, 3.8) is 0 Å². The number of thioether (sulfide) groups is 1. The molecule has 0 heterocycles. The van der Waals surface area contributed by atoms with Crippen molar-refractivity contribution >= 4 is 17.5 Å². The number of ketones is 1. The van der Waals surface area contributed by atoms with Crippen molar-refractivity contribution < 1.29 is 9.53 Å². The summed E-state index contributed by atoms with van der Waals surface area (Å²) < 4.78 is 5.23. The highest BCUT2D eigenvalue weighted by Gasteiger charge is 2.12. The van der Waals surface area contributed by atoms with Crippen molar-refractivity contribution in [3.8, 4) is 5.75 Å². The molecule has 0 fully saturated rings. The molecule has 2 nitrogen and oxygen atoms in total. The highest BCUT2D eigenvalue weighted by molar-refractivity contribution is 8.00. The Kier molecular flexibility index (Phi) is 4.85. The zero-order chi connectivity index (χ0) is 14.5. The molecule has 0 radical (unpaired) electrons. The summed E-state index contributed by atoms with van der Waals surface area (Å²) in [7, 11) is 1.59. The molecule has 3 heteroatoms. The van der Waals surface area contributed by atoms with E-state index in [1.54, 1.807) is 18.9 Å². The first-order valence-corrected chi connectivity index (χ1v) is 7.46. The van der Waals surface area contributed by atoms with Crippen molar-refractivity contribution in [2.24, 2.45) is 0 Å². The average Bonchev–Trinajstić information content (AvgIpc) is 2.46. The van der Waals surface area contributed by atoms with Gasteiger partial charge in [-0.25, -0.2) is 0 Å². The second-order valence-corrected chi connectivity index (χ2v) is 5.70. The normalized spacial score (nSPS) is 10.3. The van der Waals surface area contributed by atoms with Crippen molar-refractivity contribution in [3.05, 3.63) is 59.2 Å². The molecule has 0 atom stereocenters. The molecule has 104 valence electrons. The van der Waals surface area contributed by atoms with Crippen molar-refractivity contribution in [1.29, 1.82) is 0 Å². The molecule has 2 aromatic carbocycles. The monoisotopic (exact) mass is 286 g/mol. The Morgan fingerprint density at radius 3 is 2.60 bits per heavy atom. The van der Waals surface area contributed by atoms with E-state index in [0.29, 0.717) is 17.1 Å². The van der Waals surface area contributed by atoms with Gasteiger partial charge in [-0.1, -0.05) is 29.8 Å². The summed E-state index contributed by atoms with van der Waals surface area (Å²) in [6.45, 7) is 4.14. The number of carbonyl (C=O) groups excluding carboxylic acids is 1. The molecule has 0 aromatic heterocycles. The topological polar surface area (TPSA) is 26.3 Å². The third-order valence-electron chi connectivity index (χ3n) is 3.10. The fourth-order valence-corrected chi connectivity index (χ4v) is 2.95. The Bertz CT molecular complexity index is 620. The van der Waals surface area contributed by atoms with Crippen LogP contribution in [0.1, 0.15) is 21.5 Å². The maximum absolute atomic E-state index is 12.3. The highest BCUT2D eigenvalue weighted by Crippen LogP contribution is 2.26. The lowest BCUT2D eigenvalue weighted by atomic mass is 10.1. The lowest BCUT2D eigenvalue weighted by Crippen LogP contribution is -2.04. The van der Waals surface area contributed by atoms with Crippen LogP contribution in [0.15, 0.2) is 47.4 Å². The van der Waals surface area contributed by atoms with Gasteiger partial charge in [-0.2, -0.15) is 0 Å². The number of rotatable bonds is 5. The van der Waals surface area contributed by atoms with Gasteiger partial charge in [-0.3, -0.25) is 4.79 Å². The number of methoxy groups -OCH3 is 1.